The maximum Gasteiger partial charge on any atom is 0.410 e. The van der Waals surface area contributed by atoms with Crippen LogP contribution in [0, 0.1) is 0 Å². The van der Waals surface area contributed by atoms with Crippen LogP contribution in [0.1, 0.15) is 27.2 Å². The molecule has 1 aromatic carbocycles. The lowest BCUT2D eigenvalue weighted by molar-refractivity contribution is -0.0499. The van der Waals surface area contributed by atoms with Gasteiger partial charge in [-0.25, -0.2) is 14.8 Å². The molecule has 0 aliphatic carbocycles. The van der Waals surface area contributed by atoms with Crippen LogP contribution in [0.5, 0.6) is 17.5 Å². The van der Waals surface area contributed by atoms with Crippen molar-refractivity contribution in [3.63, 3.8) is 0 Å². The Hall–Kier alpha value is -4.02. The first-order chi connectivity index (χ1) is 17.1. The van der Waals surface area contributed by atoms with Crippen LogP contribution in [0.15, 0.2) is 55.1 Å². The summed E-state index contributed by atoms with van der Waals surface area (Å²) in [6.07, 6.45) is 7.06. The summed E-state index contributed by atoms with van der Waals surface area (Å²) in [7, 11) is 0. The van der Waals surface area contributed by atoms with Crippen molar-refractivity contribution in [1.29, 1.82) is 0 Å². The molecule has 36 heavy (non-hydrogen) atoms. The summed E-state index contributed by atoms with van der Waals surface area (Å²) in [6.45, 7) is 3.77. The third kappa shape index (κ3) is 7.00. The average Bonchev–Trinajstić information content (AvgIpc) is 3.27. The molecule has 4 rings (SSSR count). The van der Waals surface area contributed by atoms with Gasteiger partial charge >= 0.3 is 18.7 Å². The lowest BCUT2D eigenvalue weighted by Gasteiger charge is -2.24. The van der Waals surface area contributed by atoms with E-state index in [1.807, 2.05) is 26.8 Å². The molecule has 2 aromatic heterocycles. The zero-order chi connectivity index (χ0) is 25.7. The van der Waals surface area contributed by atoms with Crippen molar-refractivity contribution < 1.29 is 27.8 Å². The molecule has 0 saturated carbocycles. The number of benzene rings is 1. The molecular weight excluding hydrogens is 472 g/mol. The Kier molecular flexibility index (Phi) is 7.47. The van der Waals surface area contributed by atoms with Crippen LogP contribution in [0.2, 0.25) is 0 Å². The van der Waals surface area contributed by atoms with Crippen LogP contribution >= 0.6 is 0 Å². The highest BCUT2D eigenvalue weighted by atomic mass is 19.3. The summed E-state index contributed by atoms with van der Waals surface area (Å²) in [5.41, 5.74) is 1.78. The van der Waals surface area contributed by atoms with E-state index in [-0.39, 0.29) is 29.6 Å². The number of halogens is 2. The minimum atomic E-state index is -2.92. The SMILES string of the molecule is CC(C)(C)OC(=O)N1CC[C@H](Nc2cncc(-c3cnc(Oc4cccc(OC(F)F)c4)nc3)c2)C1. The number of pyridine rings is 1. The second-order valence-corrected chi connectivity index (χ2v) is 9.23. The van der Waals surface area contributed by atoms with E-state index in [1.54, 1.807) is 35.8 Å². The van der Waals surface area contributed by atoms with E-state index in [0.717, 1.165) is 23.2 Å². The molecule has 1 aliphatic rings. The van der Waals surface area contributed by atoms with Gasteiger partial charge < -0.3 is 24.4 Å². The Morgan fingerprint density at radius 1 is 1.08 bits per heavy atom. The molecule has 11 heteroatoms. The van der Waals surface area contributed by atoms with E-state index in [1.165, 1.54) is 18.2 Å². The highest BCUT2D eigenvalue weighted by Gasteiger charge is 2.29. The van der Waals surface area contributed by atoms with Crippen LogP contribution in [0.4, 0.5) is 19.3 Å². The first kappa shape index (κ1) is 25.1. The van der Waals surface area contributed by atoms with Crippen molar-refractivity contribution in [1.82, 2.24) is 19.9 Å². The standard InChI is InChI=1S/C25H27F2N5O4/c1-25(2,3)36-24(33)32-8-7-18(15-32)31-19-9-16(11-28-14-19)17-12-29-23(30-13-17)35-21-6-4-5-20(10-21)34-22(26)27/h4-6,9-14,18,22,31H,7-8,15H2,1-3H3/t18-/m0/s1. The Balaban J connectivity index is 1.36. The van der Waals surface area contributed by atoms with Gasteiger partial charge in [-0.3, -0.25) is 4.98 Å². The van der Waals surface area contributed by atoms with Gasteiger partial charge in [-0.05, 0) is 45.4 Å². The van der Waals surface area contributed by atoms with E-state index >= 15 is 0 Å². The van der Waals surface area contributed by atoms with Crippen molar-refractivity contribution >= 4 is 11.8 Å². The smallest absolute Gasteiger partial charge is 0.410 e. The highest BCUT2D eigenvalue weighted by molar-refractivity contribution is 5.69. The highest BCUT2D eigenvalue weighted by Crippen LogP contribution is 2.26. The quantitative estimate of drug-likeness (QED) is 0.464. The number of amides is 1. The number of nitrogens with one attached hydrogen (secondary N) is 1. The molecular formula is C25H27F2N5O4. The molecule has 0 radical (unpaired) electrons. The predicted octanol–water partition coefficient (Wildman–Crippen LogP) is 5.35. The Morgan fingerprint density at radius 3 is 2.56 bits per heavy atom. The summed E-state index contributed by atoms with van der Waals surface area (Å²) < 4.78 is 40.2. The molecule has 3 aromatic rings. The number of aromatic nitrogens is 3. The summed E-state index contributed by atoms with van der Waals surface area (Å²) in [5, 5.41) is 3.42. The Morgan fingerprint density at radius 2 is 1.83 bits per heavy atom. The van der Waals surface area contributed by atoms with Gasteiger partial charge in [0.1, 0.15) is 17.1 Å². The minimum Gasteiger partial charge on any atom is -0.444 e. The molecule has 1 aliphatic heterocycles. The second-order valence-electron chi connectivity index (χ2n) is 9.23. The van der Waals surface area contributed by atoms with Crippen LogP contribution in [0.3, 0.4) is 0 Å². The van der Waals surface area contributed by atoms with Crippen LogP contribution in [-0.2, 0) is 4.74 Å². The second kappa shape index (κ2) is 10.7. The zero-order valence-corrected chi connectivity index (χ0v) is 20.1. The van der Waals surface area contributed by atoms with E-state index in [0.29, 0.717) is 13.1 Å². The normalized spacial score (nSPS) is 15.6. The van der Waals surface area contributed by atoms with E-state index < -0.39 is 12.2 Å². The molecule has 1 saturated heterocycles. The van der Waals surface area contributed by atoms with Gasteiger partial charge in [0.2, 0.25) is 0 Å². The molecule has 0 bridgehead atoms. The lowest BCUT2D eigenvalue weighted by atomic mass is 10.1. The number of anilines is 1. The fourth-order valence-corrected chi connectivity index (χ4v) is 3.62. The number of likely N-dealkylation sites (tertiary alicyclic amines) is 1. The number of hydrogen-bond acceptors (Lipinski definition) is 8. The Bertz CT molecular complexity index is 1190. The molecule has 0 unspecified atom stereocenters. The zero-order valence-electron chi connectivity index (χ0n) is 20.1. The molecule has 1 N–H and O–H groups in total. The molecule has 9 nitrogen and oxygen atoms in total. The fraction of sp³-hybridized carbons (Fsp3) is 0.360. The predicted molar refractivity (Wildman–Crippen MR) is 128 cm³/mol. The molecule has 1 amide bonds. The van der Waals surface area contributed by atoms with E-state index in [2.05, 4.69) is 25.0 Å². The largest absolute Gasteiger partial charge is 0.444 e. The Labute approximate surface area is 207 Å². The maximum atomic E-state index is 12.4. The number of rotatable bonds is 7. The van der Waals surface area contributed by atoms with Crippen molar-refractivity contribution in [2.75, 3.05) is 18.4 Å². The summed E-state index contributed by atoms with van der Waals surface area (Å²) in [5.74, 6) is 0.247. The van der Waals surface area contributed by atoms with Crippen molar-refractivity contribution in [2.45, 2.75) is 45.4 Å². The third-order valence-corrected chi connectivity index (χ3v) is 5.15. The van der Waals surface area contributed by atoms with E-state index in [4.69, 9.17) is 9.47 Å². The minimum absolute atomic E-state index is 0.0222. The average molecular weight is 500 g/mol. The first-order valence-electron chi connectivity index (χ1n) is 11.4. The summed E-state index contributed by atoms with van der Waals surface area (Å²) in [6, 6.07) is 7.90. The number of nitrogens with zero attached hydrogens (tertiary/aromatic N) is 4. The topological polar surface area (TPSA) is 98.7 Å². The van der Waals surface area contributed by atoms with Crippen LogP contribution in [0.25, 0.3) is 11.1 Å². The third-order valence-electron chi connectivity index (χ3n) is 5.15. The number of carbonyl (C=O) groups is 1. The number of alkyl halides is 2. The summed E-state index contributed by atoms with van der Waals surface area (Å²) in [4.78, 5) is 26.7. The van der Waals surface area contributed by atoms with Gasteiger partial charge in [-0.1, -0.05) is 6.07 Å². The lowest BCUT2D eigenvalue weighted by Crippen LogP contribution is -2.36. The maximum absolute atomic E-state index is 12.4. The van der Waals surface area contributed by atoms with Gasteiger partial charge in [-0.15, -0.1) is 0 Å². The summed E-state index contributed by atoms with van der Waals surface area (Å²) >= 11 is 0. The van der Waals surface area contributed by atoms with Gasteiger partial charge in [0.25, 0.3) is 0 Å². The molecule has 3 heterocycles. The molecule has 1 fully saturated rings. The monoisotopic (exact) mass is 499 g/mol. The van der Waals surface area contributed by atoms with E-state index in [9.17, 15) is 13.6 Å². The molecule has 1 atom stereocenters. The molecule has 0 spiro atoms. The van der Waals surface area contributed by atoms with Gasteiger partial charge in [0, 0.05) is 61.1 Å². The van der Waals surface area contributed by atoms with Crippen LogP contribution in [-0.4, -0.2) is 57.3 Å². The number of ether oxygens (including phenoxy) is 3. The fourth-order valence-electron chi connectivity index (χ4n) is 3.62. The number of hydrogen-bond donors (Lipinski definition) is 1. The van der Waals surface area contributed by atoms with Crippen molar-refractivity contribution in [2.24, 2.45) is 0 Å². The van der Waals surface area contributed by atoms with Gasteiger partial charge in [0.15, 0.2) is 0 Å². The van der Waals surface area contributed by atoms with Gasteiger partial charge in [-0.2, -0.15) is 8.78 Å². The number of carbonyl (C=O) groups excluding carboxylic acids is 1. The van der Waals surface area contributed by atoms with Gasteiger partial charge in [0.05, 0.1) is 5.69 Å². The first-order valence-corrected chi connectivity index (χ1v) is 11.4. The van der Waals surface area contributed by atoms with Crippen molar-refractivity contribution in [3.05, 3.63) is 55.1 Å². The van der Waals surface area contributed by atoms with Crippen LogP contribution < -0.4 is 14.8 Å². The molecule has 190 valence electrons. The van der Waals surface area contributed by atoms with Crippen molar-refractivity contribution in [3.8, 4) is 28.6 Å².